The van der Waals surface area contributed by atoms with Crippen molar-refractivity contribution in [2.75, 3.05) is 62.0 Å². The topological polar surface area (TPSA) is 134 Å². The Kier molecular flexibility index (Phi) is 7.01. The number of rotatable bonds is 5. The van der Waals surface area contributed by atoms with E-state index >= 15 is 0 Å². The lowest BCUT2D eigenvalue weighted by Gasteiger charge is -2.37. The summed E-state index contributed by atoms with van der Waals surface area (Å²) in [5.74, 6) is 1.51. The van der Waals surface area contributed by atoms with Crippen LogP contribution in [0, 0.1) is 0 Å². The number of hydrogen-bond acceptors (Lipinski definition) is 10. The summed E-state index contributed by atoms with van der Waals surface area (Å²) in [6.07, 6.45) is 5.17. The van der Waals surface area contributed by atoms with Crippen molar-refractivity contribution >= 4 is 30.1 Å². The quantitative estimate of drug-likeness (QED) is 0.532. The van der Waals surface area contributed by atoms with Gasteiger partial charge in [0.2, 0.25) is 11.9 Å². The van der Waals surface area contributed by atoms with Gasteiger partial charge in [-0.25, -0.2) is 15.0 Å². The second-order valence-corrected chi connectivity index (χ2v) is 7.21. The summed E-state index contributed by atoms with van der Waals surface area (Å²) in [7, 11) is 0. The number of aromatic nitrogens is 4. The highest BCUT2D eigenvalue weighted by molar-refractivity contribution is 5.85. The molecular weight excluding hydrogens is 396 g/mol. The van der Waals surface area contributed by atoms with Crippen molar-refractivity contribution in [3.8, 4) is 11.3 Å². The average Bonchev–Trinajstić information content (AvgIpc) is 2.75. The molecule has 2 aromatic rings. The normalized spacial score (nSPS) is 22.0. The van der Waals surface area contributed by atoms with Gasteiger partial charge in [0.05, 0.1) is 31.1 Å². The summed E-state index contributed by atoms with van der Waals surface area (Å²) in [4.78, 5) is 19.7. The number of nitrogens with two attached hydrogens (primary N) is 1. The highest BCUT2D eigenvalue weighted by Gasteiger charge is 2.32. The van der Waals surface area contributed by atoms with Gasteiger partial charge in [-0.3, -0.25) is 0 Å². The fourth-order valence-corrected chi connectivity index (χ4v) is 3.54. The molecule has 5 N–H and O–H groups in total. The minimum atomic E-state index is -0.441. The minimum absolute atomic E-state index is 0. The predicted octanol–water partition coefficient (Wildman–Crippen LogP) is 0.301. The molecule has 1 atom stereocenters. The standard InChI is InChI=1S/C18H26N8O2.ClH/c19-16-21-9-13(10-22-16)14-8-15(25-18(12-27)2-1-3-20-11-18)24-17(23-14)26-4-6-28-7-5-26;/h8-10,20,27H,1-7,11-12H2,(H2,19,21,22)(H,23,24,25);1H. The lowest BCUT2D eigenvalue weighted by Crippen LogP contribution is -2.54. The number of hydrogen-bond donors (Lipinski definition) is 4. The zero-order valence-electron chi connectivity index (χ0n) is 16.2. The number of aliphatic hydroxyl groups is 1. The van der Waals surface area contributed by atoms with Crippen LogP contribution < -0.4 is 21.3 Å². The maximum Gasteiger partial charge on any atom is 0.228 e. The Hall–Kier alpha value is -2.27. The summed E-state index contributed by atoms with van der Waals surface area (Å²) in [5, 5.41) is 16.8. The first kappa shape index (κ1) is 21.4. The Morgan fingerprint density at radius 1 is 1.24 bits per heavy atom. The molecule has 11 heteroatoms. The van der Waals surface area contributed by atoms with Gasteiger partial charge in [0, 0.05) is 43.7 Å². The second-order valence-electron chi connectivity index (χ2n) is 7.21. The van der Waals surface area contributed by atoms with Crippen molar-refractivity contribution in [3.05, 3.63) is 18.5 Å². The highest BCUT2D eigenvalue weighted by Crippen LogP contribution is 2.27. The molecule has 0 aromatic carbocycles. The van der Waals surface area contributed by atoms with Gasteiger partial charge >= 0.3 is 0 Å². The largest absolute Gasteiger partial charge is 0.394 e. The van der Waals surface area contributed by atoms with Crippen LogP contribution >= 0.6 is 12.4 Å². The number of morpholine rings is 1. The van der Waals surface area contributed by atoms with Crippen molar-refractivity contribution in [3.63, 3.8) is 0 Å². The SMILES string of the molecule is Cl.Nc1ncc(-c2cc(NC3(CO)CCCNC3)nc(N3CCOCC3)n2)cn1. The van der Waals surface area contributed by atoms with E-state index in [2.05, 4.69) is 25.5 Å². The molecule has 0 spiro atoms. The minimum Gasteiger partial charge on any atom is -0.394 e. The Morgan fingerprint density at radius 2 is 2.00 bits per heavy atom. The molecule has 2 aliphatic heterocycles. The molecule has 2 aromatic heterocycles. The Labute approximate surface area is 175 Å². The van der Waals surface area contributed by atoms with Crippen LogP contribution in [0.15, 0.2) is 18.5 Å². The van der Waals surface area contributed by atoms with Gasteiger partial charge in [0.1, 0.15) is 5.82 Å². The second kappa shape index (κ2) is 9.49. The average molecular weight is 423 g/mol. The maximum absolute atomic E-state index is 10.0. The van der Waals surface area contributed by atoms with Crippen LogP contribution in [0.25, 0.3) is 11.3 Å². The summed E-state index contributed by atoms with van der Waals surface area (Å²) >= 11 is 0. The number of piperidine rings is 1. The first-order valence-electron chi connectivity index (χ1n) is 9.57. The van der Waals surface area contributed by atoms with Crippen molar-refractivity contribution in [1.29, 1.82) is 0 Å². The Morgan fingerprint density at radius 3 is 2.66 bits per heavy atom. The molecular formula is C18H27ClN8O2. The van der Waals surface area contributed by atoms with E-state index in [1.165, 1.54) is 0 Å². The molecule has 4 heterocycles. The van der Waals surface area contributed by atoms with E-state index in [4.69, 9.17) is 20.4 Å². The van der Waals surface area contributed by atoms with Crippen LogP contribution in [0.2, 0.25) is 0 Å². The summed E-state index contributed by atoms with van der Waals surface area (Å²) in [5.41, 5.74) is 6.64. The number of nitrogen functional groups attached to an aromatic ring is 1. The monoisotopic (exact) mass is 422 g/mol. The first-order valence-corrected chi connectivity index (χ1v) is 9.57. The van der Waals surface area contributed by atoms with Crippen molar-refractivity contribution in [1.82, 2.24) is 25.3 Å². The summed E-state index contributed by atoms with van der Waals surface area (Å²) in [6, 6.07) is 1.87. The van der Waals surface area contributed by atoms with Crippen molar-refractivity contribution in [2.45, 2.75) is 18.4 Å². The molecule has 29 heavy (non-hydrogen) atoms. The van der Waals surface area contributed by atoms with E-state index in [9.17, 15) is 5.11 Å². The van der Waals surface area contributed by atoms with Crippen molar-refractivity contribution < 1.29 is 9.84 Å². The molecule has 2 aliphatic rings. The van der Waals surface area contributed by atoms with Crippen LogP contribution in [-0.2, 0) is 4.74 Å². The van der Waals surface area contributed by atoms with Crippen molar-refractivity contribution in [2.24, 2.45) is 0 Å². The smallest absolute Gasteiger partial charge is 0.228 e. The van der Waals surface area contributed by atoms with Crippen LogP contribution in [0.1, 0.15) is 12.8 Å². The third-order valence-electron chi connectivity index (χ3n) is 5.14. The van der Waals surface area contributed by atoms with Gasteiger partial charge in [-0.2, -0.15) is 4.98 Å². The van der Waals surface area contributed by atoms with Gasteiger partial charge in [0.25, 0.3) is 0 Å². The van der Waals surface area contributed by atoms with E-state index in [0.29, 0.717) is 37.2 Å². The van der Waals surface area contributed by atoms with E-state index in [0.717, 1.165) is 38.0 Å². The number of anilines is 3. The lowest BCUT2D eigenvalue weighted by atomic mass is 9.91. The fourth-order valence-electron chi connectivity index (χ4n) is 3.54. The third-order valence-corrected chi connectivity index (χ3v) is 5.14. The fraction of sp³-hybridized carbons (Fsp3) is 0.556. The van der Waals surface area contributed by atoms with E-state index in [-0.39, 0.29) is 25.0 Å². The molecule has 1 unspecified atom stereocenters. The van der Waals surface area contributed by atoms with Crippen LogP contribution in [0.5, 0.6) is 0 Å². The molecule has 0 aliphatic carbocycles. The third kappa shape index (κ3) is 5.02. The maximum atomic E-state index is 10.0. The molecule has 0 saturated carbocycles. The van der Waals surface area contributed by atoms with Crippen LogP contribution in [0.4, 0.5) is 17.7 Å². The number of aliphatic hydroxyl groups excluding tert-OH is 1. The highest BCUT2D eigenvalue weighted by atomic mass is 35.5. The lowest BCUT2D eigenvalue weighted by molar-refractivity contribution is 0.122. The molecule has 10 nitrogen and oxygen atoms in total. The van der Waals surface area contributed by atoms with Gasteiger partial charge in [-0.05, 0) is 19.4 Å². The molecule has 0 bridgehead atoms. The Balaban J connectivity index is 0.00000240. The summed E-state index contributed by atoms with van der Waals surface area (Å²) < 4.78 is 5.45. The van der Waals surface area contributed by atoms with Gasteiger partial charge in [-0.15, -0.1) is 12.4 Å². The molecule has 2 saturated heterocycles. The molecule has 2 fully saturated rings. The number of ether oxygens (including phenoxy) is 1. The number of nitrogens with zero attached hydrogens (tertiary/aromatic N) is 5. The van der Waals surface area contributed by atoms with Gasteiger partial charge in [-0.1, -0.05) is 0 Å². The molecule has 0 amide bonds. The molecule has 0 radical (unpaired) electrons. The van der Waals surface area contributed by atoms with Gasteiger partial charge in [0.15, 0.2) is 0 Å². The van der Waals surface area contributed by atoms with Crippen LogP contribution in [0.3, 0.4) is 0 Å². The van der Waals surface area contributed by atoms with E-state index in [1.807, 2.05) is 6.07 Å². The van der Waals surface area contributed by atoms with Gasteiger partial charge < -0.3 is 31.1 Å². The predicted molar refractivity (Wildman–Crippen MR) is 113 cm³/mol. The zero-order valence-corrected chi connectivity index (χ0v) is 17.0. The number of halogens is 1. The first-order chi connectivity index (χ1) is 13.7. The van der Waals surface area contributed by atoms with Crippen LogP contribution in [-0.4, -0.2) is 76.6 Å². The zero-order chi connectivity index (χ0) is 19.4. The molecule has 158 valence electrons. The summed E-state index contributed by atoms with van der Waals surface area (Å²) in [6.45, 7) is 4.41. The van der Waals surface area contributed by atoms with E-state index < -0.39 is 5.54 Å². The Bertz CT molecular complexity index is 795. The number of nitrogens with one attached hydrogen (secondary N) is 2. The van der Waals surface area contributed by atoms with E-state index in [1.54, 1.807) is 12.4 Å². The molecule has 4 rings (SSSR count).